The number of amides is 2. The van der Waals surface area contributed by atoms with Crippen LogP contribution in [0.2, 0.25) is 5.02 Å². The lowest BCUT2D eigenvalue weighted by Gasteiger charge is -2.19. The summed E-state index contributed by atoms with van der Waals surface area (Å²) < 4.78 is 0. The van der Waals surface area contributed by atoms with E-state index in [9.17, 15) is 9.59 Å². The maximum absolute atomic E-state index is 12.5. The zero-order valence-electron chi connectivity index (χ0n) is 14.7. The van der Waals surface area contributed by atoms with Gasteiger partial charge in [0.15, 0.2) is 0 Å². The van der Waals surface area contributed by atoms with E-state index in [0.717, 1.165) is 37.1 Å². The van der Waals surface area contributed by atoms with E-state index < -0.39 is 0 Å². The quantitative estimate of drug-likeness (QED) is 0.795. The van der Waals surface area contributed by atoms with Gasteiger partial charge >= 0.3 is 0 Å². The van der Waals surface area contributed by atoms with Gasteiger partial charge in [-0.05, 0) is 56.7 Å². The van der Waals surface area contributed by atoms with Gasteiger partial charge in [-0.15, -0.1) is 0 Å². The second kappa shape index (κ2) is 8.05. The summed E-state index contributed by atoms with van der Waals surface area (Å²) in [7, 11) is 0. The smallest absolute Gasteiger partial charge is 0.229 e. The van der Waals surface area contributed by atoms with E-state index in [2.05, 4.69) is 11.4 Å². The van der Waals surface area contributed by atoms with Gasteiger partial charge in [0.2, 0.25) is 11.8 Å². The number of hydrogen-bond donors (Lipinski definition) is 1. The van der Waals surface area contributed by atoms with Crippen LogP contribution in [0.25, 0.3) is 0 Å². The third-order valence-corrected chi connectivity index (χ3v) is 5.37. The van der Waals surface area contributed by atoms with Crippen molar-refractivity contribution < 1.29 is 9.59 Å². The highest BCUT2D eigenvalue weighted by molar-refractivity contribution is 6.31. The minimum atomic E-state index is -0.286. The molecule has 1 aromatic carbocycles. The highest BCUT2D eigenvalue weighted by Crippen LogP contribution is 2.25. The lowest BCUT2D eigenvalue weighted by molar-refractivity contribution is -0.128. The van der Waals surface area contributed by atoms with E-state index in [1.165, 1.54) is 18.4 Å². The van der Waals surface area contributed by atoms with E-state index in [1.807, 2.05) is 17.9 Å². The number of likely N-dealkylation sites (tertiary alicyclic amines) is 1. The molecule has 1 aliphatic carbocycles. The van der Waals surface area contributed by atoms with Crippen molar-refractivity contribution in [3.63, 3.8) is 0 Å². The summed E-state index contributed by atoms with van der Waals surface area (Å²) in [4.78, 5) is 26.6. The number of carbonyl (C=O) groups is 2. The third kappa shape index (κ3) is 4.63. The number of nitrogens with zero attached hydrogens (tertiary/aromatic N) is 1. The van der Waals surface area contributed by atoms with Gasteiger partial charge in [-0.3, -0.25) is 9.59 Å². The fourth-order valence-corrected chi connectivity index (χ4v) is 3.71. The Balaban J connectivity index is 1.55. The molecule has 3 rings (SSSR count). The minimum absolute atomic E-state index is 0.0828. The van der Waals surface area contributed by atoms with Gasteiger partial charge in [0.25, 0.3) is 0 Å². The molecule has 2 aliphatic rings. The number of rotatable bonds is 5. The Labute approximate surface area is 154 Å². The number of aryl methyl sites for hydroxylation is 1. The summed E-state index contributed by atoms with van der Waals surface area (Å²) in [5.41, 5.74) is 3.14. The summed E-state index contributed by atoms with van der Waals surface area (Å²) >= 11 is 6.00. The van der Waals surface area contributed by atoms with Crippen LogP contribution in [0.3, 0.4) is 0 Å². The van der Waals surface area contributed by atoms with Gasteiger partial charge in [-0.1, -0.05) is 29.3 Å². The van der Waals surface area contributed by atoms with Crippen LogP contribution in [0.1, 0.15) is 44.1 Å². The number of nitrogens with one attached hydrogen (secondary N) is 1. The van der Waals surface area contributed by atoms with Crippen LogP contribution in [-0.4, -0.2) is 29.8 Å². The molecule has 1 atom stereocenters. The Bertz CT molecular complexity index is 699. The molecule has 0 aromatic heterocycles. The number of hydrogen-bond acceptors (Lipinski definition) is 2. The number of benzene rings is 1. The fraction of sp³-hybridized carbons (Fsp3) is 0.500. The Morgan fingerprint density at radius 2 is 2.20 bits per heavy atom. The second-order valence-electron chi connectivity index (χ2n) is 7.05. The van der Waals surface area contributed by atoms with Gasteiger partial charge < -0.3 is 10.2 Å². The monoisotopic (exact) mass is 360 g/mol. The third-order valence-electron chi connectivity index (χ3n) is 5.13. The highest BCUT2D eigenvalue weighted by Gasteiger charge is 2.34. The molecule has 1 unspecified atom stereocenters. The van der Waals surface area contributed by atoms with Gasteiger partial charge in [-0.25, -0.2) is 0 Å². The Morgan fingerprint density at radius 3 is 2.96 bits per heavy atom. The van der Waals surface area contributed by atoms with Crippen molar-refractivity contribution in [1.29, 1.82) is 0 Å². The van der Waals surface area contributed by atoms with Gasteiger partial charge in [0, 0.05) is 30.2 Å². The van der Waals surface area contributed by atoms with E-state index >= 15 is 0 Å². The molecule has 25 heavy (non-hydrogen) atoms. The first-order chi connectivity index (χ1) is 12.0. The Hall–Kier alpha value is -1.81. The van der Waals surface area contributed by atoms with Crippen LogP contribution < -0.4 is 5.32 Å². The SMILES string of the molecule is Cc1ccc(Cl)cc1NC(=O)C1CC(=O)N(CCC2=CCCCC2)C1. The first kappa shape index (κ1) is 18.0. The lowest BCUT2D eigenvalue weighted by Crippen LogP contribution is -2.29. The normalized spacial score (nSPS) is 20.6. The molecule has 0 bridgehead atoms. The van der Waals surface area contributed by atoms with Crippen molar-refractivity contribution >= 4 is 29.1 Å². The molecule has 1 N–H and O–H groups in total. The summed E-state index contributed by atoms with van der Waals surface area (Å²) in [6.07, 6.45) is 8.39. The molecule has 4 nitrogen and oxygen atoms in total. The molecule has 0 spiro atoms. The number of anilines is 1. The highest BCUT2D eigenvalue weighted by atomic mass is 35.5. The predicted molar refractivity (Wildman–Crippen MR) is 101 cm³/mol. The van der Waals surface area contributed by atoms with Crippen molar-refractivity contribution in [1.82, 2.24) is 4.90 Å². The van der Waals surface area contributed by atoms with Gasteiger partial charge in [-0.2, -0.15) is 0 Å². The second-order valence-corrected chi connectivity index (χ2v) is 7.48. The van der Waals surface area contributed by atoms with Crippen molar-refractivity contribution in [3.05, 3.63) is 40.4 Å². The maximum Gasteiger partial charge on any atom is 0.229 e. The van der Waals surface area contributed by atoms with Gasteiger partial charge in [0.1, 0.15) is 0 Å². The number of halogens is 1. The van der Waals surface area contributed by atoms with E-state index in [4.69, 9.17) is 11.6 Å². The van der Waals surface area contributed by atoms with Crippen molar-refractivity contribution in [2.24, 2.45) is 5.92 Å². The number of allylic oxidation sites excluding steroid dienone is 1. The molecule has 0 saturated carbocycles. The molecule has 1 aliphatic heterocycles. The van der Waals surface area contributed by atoms with Crippen LogP contribution in [0.15, 0.2) is 29.8 Å². The van der Waals surface area contributed by atoms with Crippen molar-refractivity contribution in [3.8, 4) is 0 Å². The Morgan fingerprint density at radius 1 is 1.36 bits per heavy atom. The molecule has 1 saturated heterocycles. The molecule has 134 valence electrons. The van der Waals surface area contributed by atoms with Crippen LogP contribution >= 0.6 is 11.6 Å². The van der Waals surface area contributed by atoms with Crippen LogP contribution in [0.4, 0.5) is 5.69 Å². The average Bonchev–Trinajstić information content (AvgIpc) is 2.98. The predicted octanol–water partition coefficient (Wildman–Crippen LogP) is 4.33. The standard InChI is InChI=1S/C20H25ClN2O2/c1-14-7-8-17(21)12-18(14)22-20(25)16-11-19(24)23(13-16)10-9-15-5-3-2-4-6-15/h5,7-8,12,16H,2-4,6,9-11,13H2,1H3,(H,22,25). The summed E-state index contributed by atoms with van der Waals surface area (Å²) in [6.45, 7) is 3.16. The molecular weight excluding hydrogens is 336 g/mol. The first-order valence-electron chi connectivity index (χ1n) is 9.05. The van der Waals surface area contributed by atoms with E-state index in [0.29, 0.717) is 18.0 Å². The molecule has 1 fully saturated rings. The van der Waals surface area contributed by atoms with Crippen LogP contribution in [-0.2, 0) is 9.59 Å². The summed E-state index contributed by atoms with van der Waals surface area (Å²) in [5.74, 6) is -0.302. The van der Waals surface area contributed by atoms with Crippen molar-refractivity contribution in [2.75, 3.05) is 18.4 Å². The molecular formula is C20H25ClN2O2. The molecule has 1 heterocycles. The topological polar surface area (TPSA) is 49.4 Å². The minimum Gasteiger partial charge on any atom is -0.342 e. The summed E-state index contributed by atoms with van der Waals surface area (Å²) in [5, 5.41) is 3.51. The number of carbonyl (C=O) groups excluding carboxylic acids is 2. The lowest BCUT2D eigenvalue weighted by atomic mass is 9.97. The first-order valence-corrected chi connectivity index (χ1v) is 9.43. The van der Waals surface area contributed by atoms with E-state index in [1.54, 1.807) is 12.1 Å². The molecule has 5 heteroatoms. The van der Waals surface area contributed by atoms with Gasteiger partial charge in [0.05, 0.1) is 5.92 Å². The van der Waals surface area contributed by atoms with Crippen LogP contribution in [0.5, 0.6) is 0 Å². The largest absolute Gasteiger partial charge is 0.342 e. The summed E-state index contributed by atoms with van der Waals surface area (Å²) in [6, 6.07) is 5.42. The Kier molecular flexibility index (Phi) is 5.79. The molecule has 1 aromatic rings. The zero-order valence-corrected chi connectivity index (χ0v) is 15.4. The molecule has 2 amide bonds. The van der Waals surface area contributed by atoms with Crippen molar-refractivity contribution in [2.45, 2.75) is 45.4 Å². The van der Waals surface area contributed by atoms with E-state index in [-0.39, 0.29) is 17.7 Å². The zero-order chi connectivity index (χ0) is 17.8. The maximum atomic E-state index is 12.5. The molecule has 0 radical (unpaired) electrons. The van der Waals surface area contributed by atoms with Crippen LogP contribution in [0, 0.1) is 12.8 Å². The average molecular weight is 361 g/mol. The fourth-order valence-electron chi connectivity index (χ4n) is 3.54.